The number of benzene rings is 1. The molecule has 0 aliphatic carbocycles. The van der Waals surface area contributed by atoms with E-state index in [2.05, 4.69) is 39.1 Å². The summed E-state index contributed by atoms with van der Waals surface area (Å²) in [6.45, 7) is 10.2. The van der Waals surface area contributed by atoms with Gasteiger partial charge in [0.2, 0.25) is 5.91 Å². The molecule has 0 spiro atoms. The molecule has 182 valence electrons. The van der Waals surface area contributed by atoms with Crippen LogP contribution in [-0.4, -0.2) is 81.7 Å². The maximum atomic E-state index is 12.9. The van der Waals surface area contributed by atoms with Gasteiger partial charge in [0, 0.05) is 38.3 Å². The number of aromatic amines is 1. The van der Waals surface area contributed by atoms with Gasteiger partial charge in [0.25, 0.3) is 5.56 Å². The lowest BCUT2D eigenvalue weighted by Crippen LogP contribution is -2.47. The third-order valence-corrected chi connectivity index (χ3v) is 6.00. The zero-order valence-electron chi connectivity index (χ0n) is 20.3. The second-order valence-corrected chi connectivity index (χ2v) is 8.70. The highest BCUT2D eigenvalue weighted by molar-refractivity contribution is 5.93. The molecule has 4 rings (SSSR count). The lowest BCUT2D eigenvalue weighted by Gasteiger charge is -2.31. The second kappa shape index (κ2) is 10.4. The number of imidazole rings is 1. The summed E-state index contributed by atoms with van der Waals surface area (Å²) in [6.07, 6.45) is 1.60. The normalized spacial score (nSPS) is 15.1. The number of rotatable bonds is 8. The first-order chi connectivity index (χ1) is 16.4. The first kappa shape index (κ1) is 23.9. The third kappa shape index (κ3) is 5.13. The molecule has 1 aliphatic heterocycles. The van der Waals surface area contributed by atoms with Crippen molar-refractivity contribution in [1.82, 2.24) is 29.4 Å². The third-order valence-electron chi connectivity index (χ3n) is 6.00. The van der Waals surface area contributed by atoms with Crippen molar-refractivity contribution in [2.24, 2.45) is 0 Å². The number of anilines is 1. The Labute approximate surface area is 198 Å². The maximum absolute atomic E-state index is 12.9. The van der Waals surface area contributed by atoms with E-state index in [4.69, 9.17) is 9.84 Å². The van der Waals surface area contributed by atoms with E-state index in [1.807, 2.05) is 13.8 Å². The van der Waals surface area contributed by atoms with Gasteiger partial charge >= 0.3 is 0 Å². The van der Waals surface area contributed by atoms with Gasteiger partial charge in [-0.25, -0.2) is 9.50 Å². The molecule has 1 aliphatic rings. The first-order valence-corrected chi connectivity index (χ1v) is 11.9. The molecule has 0 bridgehead atoms. The average molecular weight is 468 g/mol. The molecule has 2 aromatic heterocycles. The lowest BCUT2D eigenvalue weighted by molar-refractivity contribution is -0.117. The fourth-order valence-electron chi connectivity index (χ4n) is 4.23. The number of carbonyl (C=O) groups is 1. The summed E-state index contributed by atoms with van der Waals surface area (Å²) in [7, 11) is 2.09. The zero-order chi connectivity index (χ0) is 24.2. The van der Waals surface area contributed by atoms with Gasteiger partial charge in [0.05, 0.1) is 24.4 Å². The number of nitrogens with one attached hydrogen (secondary N) is 2. The van der Waals surface area contributed by atoms with Crippen molar-refractivity contribution in [1.29, 1.82) is 0 Å². The van der Waals surface area contributed by atoms with Crippen molar-refractivity contribution in [3.63, 3.8) is 0 Å². The molecular formula is C24H33N7O3. The Morgan fingerprint density at radius 1 is 1.21 bits per heavy atom. The van der Waals surface area contributed by atoms with Gasteiger partial charge in [0.15, 0.2) is 11.3 Å². The molecule has 1 amide bonds. The summed E-state index contributed by atoms with van der Waals surface area (Å²) < 4.78 is 7.43. The Hall–Kier alpha value is -3.24. The number of piperazine rings is 1. The van der Waals surface area contributed by atoms with Gasteiger partial charge in [-0.3, -0.25) is 14.5 Å². The van der Waals surface area contributed by atoms with Crippen molar-refractivity contribution in [3.05, 3.63) is 40.1 Å². The highest BCUT2D eigenvalue weighted by Gasteiger charge is 2.19. The van der Waals surface area contributed by atoms with Crippen LogP contribution in [0, 0.1) is 6.92 Å². The molecule has 10 nitrogen and oxygen atoms in total. The summed E-state index contributed by atoms with van der Waals surface area (Å²) in [5.74, 6) is 1.62. The van der Waals surface area contributed by atoms with E-state index < -0.39 is 0 Å². The largest absolute Gasteiger partial charge is 0.493 e. The summed E-state index contributed by atoms with van der Waals surface area (Å²) in [4.78, 5) is 37.4. The van der Waals surface area contributed by atoms with Crippen LogP contribution in [0.25, 0.3) is 16.9 Å². The molecule has 0 radical (unpaired) electrons. The van der Waals surface area contributed by atoms with Crippen molar-refractivity contribution in [3.8, 4) is 17.1 Å². The number of hydrogen-bond donors (Lipinski definition) is 2. The van der Waals surface area contributed by atoms with Crippen LogP contribution < -0.4 is 15.6 Å². The zero-order valence-corrected chi connectivity index (χ0v) is 20.3. The minimum atomic E-state index is -0.260. The fourth-order valence-corrected chi connectivity index (χ4v) is 4.23. The standard InChI is InChI=1S/C24H33N7O3/c1-5-7-20-25-16(3)22-24(33)27-23(28-31(20)22)18-14-17(8-9-19(18)34-6-2)26-21(32)15-30-12-10-29(4)11-13-30/h8-9,14H,5-7,10-13,15H2,1-4H3,(H,26,32)(H,27,28,33). The lowest BCUT2D eigenvalue weighted by atomic mass is 10.1. The quantitative estimate of drug-likeness (QED) is 0.521. The number of fused-ring (bicyclic) bond motifs is 1. The SMILES string of the molecule is CCCc1nc(C)c2c(=O)[nH]c(-c3cc(NC(=O)CN4CCN(C)CC4)ccc3OCC)nn12. The van der Waals surface area contributed by atoms with E-state index in [0.717, 1.165) is 38.4 Å². The van der Waals surface area contributed by atoms with Crippen LogP contribution in [0.3, 0.4) is 0 Å². The molecule has 0 unspecified atom stereocenters. The van der Waals surface area contributed by atoms with Crippen LogP contribution in [0.15, 0.2) is 23.0 Å². The molecule has 0 atom stereocenters. The monoisotopic (exact) mass is 467 g/mol. The van der Waals surface area contributed by atoms with E-state index in [-0.39, 0.29) is 11.5 Å². The predicted molar refractivity (Wildman–Crippen MR) is 132 cm³/mol. The van der Waals surface area contributed by atoms with Crippen LogP contribution in [0.5, 0.6) is 5.75 Å². The Kier molecular flexibility index (Phi) is 7.28. The number of likely N-dealkylation sites (N-methyl/N-ethyl adjacent to an activating group) is 1. The molecule has 10 heteroatoms. The van der Waals surface area contributed by atoms with E-state index in [9.17, 15) is 9.59 Å². The number of ether oxygens (including phenoxy) is 1. The second-order valence-electron chi connectivity index (χ2n) is 8.70. The van der Waals surface area contributed by atoms with Gasteiger partial charge in [-0.2, -0.15) is 0 Å². The Bertz CT molecular complexity index is 1230. The number of amides is 1. The Morgan fingerprint density at radius 2 is 1.97 bits per heavy atom. The Morgan fingerprint density at radius 3 is 2.68 bits per heavy atom. The van der Waals surface area contributed by atoms with Crippen molar-refractivity contribution < 1.29 is 9.53 Å². The molecular weight excluding hydrogens is 434 g/mol. The van der Waals surface area contributed by atoms with Gasteiger partial charge < -0.3 is 19.9 Å². The number of nitrogens with zero attached hydrogens (tertiary/aromatic N) is 5. The predicted octanol–water partition coefficient (Wildman–Crippen LogP) is 1.93. The molecule has 3 aromatic rings. The van der Waals surface area contributed by atoms with Crippen molar-refractivity contribution in [2.75, 3.05) is 51.7 Å². The van der Waals surface area contributed by atoms with E-state index >= 15 is 0 Å². The van der Waals surface area contributed by atoms with Gasteiger partial charge in [0.1, 0.15) is 11.6 Å². The van der Waals surface area contributed by atoms with Crippen LogP contribution in [-0.2, 0) is 11.2 Å². The van der Waals surface area contributed by atoms with Gasteiger partial charge in [-0.05, 0) is 45.5 Å². The van der Waals surface area contributed by atoms with E-state index in [1.165, 1.54) is 0 Å². The van der Waals surface area contributed by atoms with Crippen LogP contribution in [0.1, 0.15) is 31.8 Å². The highest BCUT2D eigenvalue weighted by atomic mass is 16.5. The van der Waals surface area contributed by atoms with Crippen molar-refractivity contribution in [2.45, 2.75) is 33.6 Å². The molecule has 34 heavy (non-hydrogen) atoms. The summed E-state index contributed by atoms with van der Waals surface area (Å²) in [5.41, 5.74) is 2.06. The number of aryl methyl sites for hydroxylation is 2. The van der Waals surface area contributed by atoms with Crippen LogP contribution in [0.4, 0.5) is 5.69 Å². The average Bonchev–Trinajstić information content (AvgIpc) is 3.12. The molecule has 2 N–H and O–H groups in total. The summed E-state index contributed by atoms with van der Waals surface area (Å²) in [6, 6.07) is 5.39. The summed E-state index contributed by atoms with van der Waals surface area (Å²) in [5, 5.41) is 7.68. The van der Waals surface area contributed by atoms with E-state index in [1.54, 1.807) is 22.7 Å². The Balaban J connectivity index is 1.65. The van der Waals surface area contributed by atoms with Crippen molar-refractivity contribution >= 4 is 17.1 Å². The molecule has 1 saturated heterocycles. The number of aromatic nitrogens is 4. The summed E-state index contributed by atoms with van der Waals surface area (Å²) >= 11 is 0. The van der Waals surface area contributed by atoms with Crippen LogP contribution >= 0.6 is 0 Å². The molecule has 0 saturated carbocycles. The molecule has 1 fully saturated rings. The number of H-pyrrole nitrogens is 1. The highest BCUT2D eigenvalue weighted by Crippen LogP contribution is 2.30. The topological polar surface area (TPSA) is 108 Å². The minimum absolute atomic E-state index is 0.0768. The van der Waals surface area contributed by atoms with Gasteiger partial charge in [-0.1, -0.05) is 6.92 Å². The van der Waals surface area contributed by atoms with E-state index in [0.29, 0.717) is 53.6 Å². The molecule has 3 heterocycles. The van der Waals surface area contributed by atoms with Crippen LogP contribution in [0.2, 0.25) is 0 Å². The smallest absolute Gasteiger partial charge is 0.277 e. The maximum Gasteiger partial charge on any atom is 0.277 e. The number of hydrogen-bond acceptors (Lipinski definition) is 7. The first-order valence-electron chi connectivity index (χ1n) is 11.9. The van der Waals surface area contributed by atoms with Gasteiger partial charge in [-0.15, -0.1) is 5.10 Å². The molecule has 1 aromatic carbocycles. The fraction of sp³-hybridized carbons (Fsp3) is 0.500. The number of carbonyl (C=O) groups excluding carboxylic acids is 1. The minimum Gasteiger partial charge on any atom is -0.493 e.